The van der Waals surface area contributed by atoms with E-state index >= 15 is 0 Å². The van der Waals surface area contributed by atoms with Crippen LogP contribution in [-0.2, 0) is 8.23 Å². The van der Waals surface area contributed by atoms with Gasteiger partial charge in [-0.1, -0.05) is 0 Å². The average Bonchev–Trinajstić information content (AvgIpc) is 1.59. The highest BCUT2D eigenvalue weighted by atomic mass is 28.4. The topological polar surface area (TPSA) is 18.5 Å². The lowest BCUT2D eigenvalue weighted by Gasteiger charge is -2.28. The predicted octanol–water partition coefficient (Wildman–Crippen LogP) is 0.130. The van der Waals surface area contributed by atoms with Crippen molar-refractivity contribution in [3.63, 3.8) is 0 Å². The second kappa shape index (κ2) is 3.11. The Labute approximate surface area is 61.5 Å². The molecule has 0 N–H and O–H groups in total. The molecule has 0 aromatic heterocycles. The Kier molecular flexibility index (Phi) is 2.65. The third kappa shape index (κ3) is 2.34. The van der Waals surface area contributed by atoms with E-state index in [1.54, 1.807) is 0 Å². The van der Waals surface area contributed by atoms with E-state index in [0.29, 0.717) is 0 Å². The summed E-state index contributed by atoms with van der Waals surface area (Å²) in [6.07, 6.45) is 0. The summed E-state index contributed by atoms with van der Waals surface area (Å²) in [4.78, 5) is 0. The molecular formula is C4H14O2Si3. The molecule has 1 heterocycles. The van der Waals surface area contributed by atoms with Crippen LogP contribution in [0, 0.1) is 0 Å². The Morgan fingerprint density at radius 1 is 1.00 bits per heavy atom. The normalized spacial score (nSPS) is 45.0. The molecule has 1 saturated heterocycles. The highest BCUT2D eigenvalue weighted by Gasteiger charge is 2.24. The van der Waals surface area contributed by atoms with E-state index in [2.05, 4.69) is 19.6 Å². The molecule has 54 valence electrons. The first-order valence-corrected chi connectivity index (χ1v) is 10.5. The lowest BCUT2D eigenvalue weighted by molar-refractivity contribution is 0.428. The maximum atomic E-state index is 5.65. The highest BCUT2D eigenvalue weighted by Crippen LogP contribution is 2.10. The fraction of sp³-hybridized carbons (Fsp3) is 1.00. The van der Waals surface area contributed by atoms with E-state index in [-0.39, 0.29) is 0 Å². The Bertz CT molecular complexity index is 74.8. The molecule has 0 aromatic rings. The second-order valence-corrected chi connectivity index (χ2v) is 11.1. The smallest absolute Gasteiger partial charge is 0.297 e. The number of rotatable bonds is 0. The minimum absolute atomic E-state index is 0.712. The molecule has 0 saturated carbocycles. The molecule has 2 unspecified atom stereocenters. The number of hydrogen-bond donors (Lipinski definition) is 0. The fourth-order valence-corrected chi connectivity index (χ4v) is 14.0. The van der Waals surface area contributed by atoms with Crippen LogP contribution < -0.4 is 0 Å². The van der Waals surface area contributed by atoms with Crippen LogP contribution in [0.25, 0.3) is 0 Å². The van der Waals surface area contributed by atoms with Gasteiger partial charge in [-0.05, 0) is 25.3 Å². The van der Waals surface area contributed by atoms with Gasteiger partial charge >= 0.3 is 0 Å². The summed E-state index contributed by atoms with van der Waals surface area (Å²) in [5.74, 6) is 0. The first-order valence-electron chi connectivity index (χ1n) is 3.49. The van der Waals surface area contributed by atoms with E-state index in [1.165, 1.54) is 5.67 Å². The summed E-state index contributed by atoms with van der Waals surface area (Å²) in [6.45, 7) is 6.72. The molecule has 0 bridgehead atoms. The molecule has 0 aliphatic carbocycles. The van der Waals surface area contributed by atoms with Crippen molar-refractivity contribution in [3.05, 3.63) is 0 Å². The zero-order valence-electron chi connectivity index (χ0n) is 6.26. The minimum atomic E-state index is -1.09. The van der Waals surface area contributed by atoms with Crippen molar-refractivity contribution in [3.8, 4) is 0 Å². The molecule has 2 atom stereocenters. The van der Waals surface area contributed by atoms with Gasteiger partial charge in [0, 0.05) is 0 Å². The van der Waals surface area contributed by atoms with E-state index in [0.717, 1.165) is 0 Å². The lowest BCUT2D eigenvalue weighted by Crippen LogP contribution is -2.41. The first-order chi connectivity index (χ1) is 4.18. The van der Waals surface area contributed by atoms with Gasteiger partial charge in [-0.25, -0.2) is 0 Å². The minimum Gasteiger partial charge on any atom is -0.442 e. The molecule has 9 heavy (non-hydrogen) atoms. The Morgan fingerprint density at radius 3 is 1.78 bits per heavy atom. The molecule has 1 rings (SSSR count). The van der Waals surface area contributed by atoms with Gasteiger partial charge in [-0.3, -0.25) is 0 Å². The number of hydrogen-bond acceptors (Lipinski definition) is 2. The summed E-state index contributed by atoms with van der Waals surface area (Å²) in [5.41, 5.74) is 1.33. The maximum Gasteiger partial charge on any atom is 0.297 e. The predicted molar refractivity (Wildman–Crippen MR) is 46.0 cm³/mol. The first kappa shape index (κ1) is 7.68. The van der Waals surface area contributed by atoms with Crippen LogP contribution in [-0.4, -0.2) is 27.4 Å². The standard InChI is InChI=1S/C4H14O2Si3/c1-7-4-8(2)6-9(3)5-7/h7-9H,4H2,1-3H3. The molecule has 0 radical (unpaired) electrons. The van der Waals surface area contributed by atoms with Crippen LogP contribution >= 0.6 is 0 Å². The molecule has 1 fully saturated rings. The maximum absolute atomic E-state index is 5.65. The third-order valence-corrected chi connectivity index (χ3v) is 13.6. The Morgan fingerprint density at radius 2 is 1.44 bits per heavy atom. The fourth-order valence-electron chi connectivity index (χ4n) is 1.26. The van der Waals surface area contributed by atoms with E-state index in [9.17, 15) is 0 Å². The Hall–Kier alpha value is 0.571. The van der Waals surface area contributed by atoms with Gasteiger partial charge in [0.15, 0.2) is 18.1 Å². The quantitative estimate of drug-likeness (QED) is 0.491. The summed E-state index contributed by atoms with van der Waals surface area (Å²) in [5, 5.41) is 0. The summed E-state index contributed by atoms with van der Waals surface area (Å²) in [7, 11) is -2.51. The highest BCUT2D eigenvalue weighted by molar-refractivity contribution is 6.80. The van der Waals surface area contributed by atoms with Crippen molar-refractivity contribution in [1.29, 1.82) is 0 Å². The van der Waals surface area contributed by atoms with Gasteiger partial charge < -0.3 is 8.23 Å². The van der Waals surface area contributed by atoms with Gasteiger partial charge in [-0.2, -0.15) is 0 Å². The van der Waals surface area contributed by atoms with E-state index in [1.807, 2.05) is 0 Å². The lowest BCUT2D eigenvalue weighted by atomic mass is 11.8. The van der Waals surface area contributed by atoms with E-state index < -0.39 is 27.4 Å². The van der Waals surface area contributed by atoms with Crippen LogP contribution in [0.5, 0.6) is 0 Å². The molecule has 5 heteroatoms. The summed E-state index contributed by atoms with van der Waals surface area (Å²) in [6, 6.07) is 0. The molecule has 2 nitrogen and oxygen atoms in total. The largest absolute Gasteiger partial charge is 0.442 e. The zero-order chi connectivity index (χ0) is 6.85. The third-order valence-electron chi connectivity index (χ3n) is 1.51. The monoisotopic (exact) mass is 178 g/mol. The van der Waals surface area contributed by atoms with Crippen LogP contribution in [0.15, 0.2) is 0 Å². The van der Waals surface area contributed by atoms with Crippen LogP contribution in [0.1, 0.15) is 0 Å². The zero-order valence-corrected chi connectivity index (χ0v) is 9.72. The average molecular weight is 178 g/mol. The van der Waals surface area contributed by atoms with Crippen LogP contribution in [0.4, 0.5) is 0 Å². The van der Waals surface area contributed by atoms with Crippen molar-refractivity contribution in [2.45, 2.75) is 25.3 Å². The molecular weight excluding hydrogens is 164 g/mol. The molecule has 0 spiro atoms. The van der Waals surface area contributed by atoms with E-state index in [4.69, 9.17) is 8.23 Å². The van der Waals surface area contributed by atoms with Crippen molar-refractivity contribution in [2.75, 3.05) is 0 Å². The summed E-state index contributed by atoms with van der Waals surface area (Å²) >= 11 is 0. The molecule has 1 aliphatic heterocycles. The van der Waals surface area contributed by atoms with Gasteiger partial charge in [0.2, 0.25) is 0 Å². The van der Waals surface area contributed by atoms with Gasteiger partial charge in [0.05, 0.1) is 0 Å². The van der Waals surface area contributed by atoms with Crippen molar-refractivity contribution >= 4 is 27.4 Å². The molecule has 0 amide bonds. The van der Waals surface area contributed by atoms with Crippen LogP contribution in [0.3, 0.4) is 0 Å². The van der Waals surface area contributed by atoms with Gasteiger partial charge in [0.25, 0.3) is 9.28 Å². The molecule has 1 aliphatic rings. The Balaban J connectivity index is 2.34. The van der Waals surface area contributed by atoms with Gasteiger partial charge in [-0.15, -0.1) is 0 Å². The van der Waals surface area contributed by atoms with Crippen molar-refractivity contribution in [2.24, 2.45) is 0 Å². The molecule has 0 aromatic carbocycles. The van der Waals surface area contributed by atoms with Crippen molar-refractivity contribution < 1.29 is 8.23 Å². The SMILES string of the molecule is C[SiH]1C[SiH](C)O[SiH](C)O1. The second-order valence-electron chi connectivity index (χ2n) is 2.70. The van der Waals surface area contributed by atoms with Gasteiger partial charge in [0.1, 0.15) is 0 Å². The van der Waals surface area contributed by atoms with Crippen LogP contribution in [0.2, 0.25) is 25.3 Å². The van der Waals surface area contributed by atoms with Crippen molar-refractivity contribution in [1.82, 2.24) is 0 Å². The summed E-state index contributed by atoms with van der Waals surface area (Å²) < 4.78 is 11.3.